The number of nitrogens with one attached hydrogen (secondary N) is 1. The van der Waals surface area contributed by atoms with E-state index >= 15 is 0 Å². The van der Waals surface area contributed by atoms with Crippen molar-refractivity contribution in [3.8, 4) is 11.6 Å². The lowest BCUT2D eigenvalue weighted by Crippen LogP contribution is -2.22. The Balaban J connectivity index is 1.89. The van der Waals surface area contributed by atoms with Gasteiger partial charge in [0.1, 0.15) is 6.54 Å². The first-order valence-corrected chi connectivity index (χ1v) is 6.88. The Morgan fingerprint density at radius 1 is 1.25 bits per heavy atom. The number of pyridine rings is 1. The average molecular weight is 339 g/mol. The number of nitrogens with zero attached hydrogens (tertiary/aromatic N) is 4. The molecule has 24 heavy (non-hydrogen) atoms. The Kier molecular flexibility index (Phi) is 3.74. The lowest BCUT2D eigenvalue weighted by Gasteiger charge is -2.08. The molecule has 0 amide bonds. The van der Waals surface area contributed by atoms with E-state index < -0.39 is 17.3 Å². The van der Waals surface area contributed by atoms with E-state index in [1.165, 1.54) is 0 Å². The summed E-state index contributed by atoms with van der Waals surface area (Å²) >= 11 is 0. The number of halogens is 3. The number of imidazole rings is 1. The van der Waals surface area contributed by atoms with E-state index in [2.05, 4.69) is 20.1 Å². The van der Waals surface area contributed by atoms with Gasteiger partial charge in [-0.2, -0.15) is 18.2 Å². The Hall–Kier alpha value is -2.91. The number of alkyl halides is 3. The van der Waals surface area contributed by atoms with Crippen molar-refractivity contribution in [3.05, 3.63) is 51.5 Å². The second-order valence-electron chi connectivity index (χ2n) is 5.19. The van der Waals surface area contributed by atoms with Crippen LogP contribution in [0.1, 0.15) is 22.8 Å². The summed E-state index contributed by atoms with van der Waals surface area (Å²) in [5.41, 5.74) is 0.0717. The number of aryl methyl sites for hydroxylation is 2. The van der Waals surface area contributed by atoms with Gasteiger partial charge in [-0.15, -0.1) is 0 Å². The largest absolute Gasteiger partial charge is 0.417 e. The van der Waals surface area contributed by atoms with E-state index in [4.69, 9.17) is 4.52 Å². The van der Waals surface area contributed by atoms with Crippen molar-refractivity contribution >= 4 is 0 Å². The van der Waals surface area contributed by atoms with E-state index in [0.717, 1.165) is 28.1 Å². The van der Waals surface area contributed by atoms with Crippen molar-refractivity contribution in [3.63, 3.8) is 0 Å². The summed E-state index contributed by atoms with van der Waals surface area (Å²) in [6.45, 7) is 3.36. The van der Waals surface area contributed by atoms with Gasteiger partial charge in [0, 0.05) is 18.0 Å². The first-order valence-electron chi connectivity index (χ1n) is 6.88. The Labute approximate surface area is 133 Å². The maximum atomic E-state index is 12.7. The average Bonchev–Trinajstić information content (AvgIpc) is 3.08. The van der Waals surface area contributed by atoms with Crippen LogP contribution in [0.2, 0.25) is 0 Å². The van der Waals surface area contributed by atoms with E-state index in [-0.39, 0.29) is 18.3 Å². The standard InChI is InChI=1S/C14H12F3N5O2/c1-7-8(2)19-12(18-7)13-20-10(24-21-13)6-22-5-9(14(15,16)17)3-4-11(22)23/h3-5H,6H2,1-2H3,(H,18,19). The predicted octanol–water partition coefficient (Wildman–Crippen LogP) is 2.31. The molecule has 0 atom stereocenters. The highest BCUT2D eigenvalue weighted by atomic mass is 19.4. The first kappa shape index (κ1) is 16.0. The molecule has 0 aliphatic rings. The molecule has 1 N–H and O–H groups in total. The van der Waals surface area contributed by atoms with E-state index in [1.807, 2.05) is 6.92 Å². The predicted molar refractivity (Wildman–Crippen MR) is 76.2 cm³/mol. The molecule has 0 fully saturated rings. The molecule has 0 saturated carbocycles. The van der Waals surface area contributed by atoms with E-state index in [0.29, 0.717) is 12.0 Å². The van der Waals surface area contributed by atoms with Crippen LogP contribution in [-0.4, -0.2) is 24.7 Å². The molecule has 0 aliphatic heterocycles. The SMILES string of the molecule is Cc1nc(-c2noc(Cn3cc(C(F)(F)F)ccc3=O)n2)[nH]c1C. The molecule has 0 aliphatic carbocycles. The molecular weight excluding hydrogens is 327 g/mol. The zero-order chi connectivity index (χ0) is 17.5. The normalized spacial score (nSPS) is 11.9. The zero-order valence-electron chi connectivity index (χ0n) is 12.7. The zero-order valence-corrected chi connectivity index (χ0v) is 12.7. The summed E-state index contributed by atoms with van der Waals surface area (Å²) in [4.78, 5) is 22.9. The van der Waals surface area contributed by atoms with Gasteiger partial charge in [0.05, 0.1) is 11.3 Å². The topological polar surface area (TPSA) is 89.6 Å². The smallest absolute Gasteiger partial charge is 0.339 e. The Morgan fingerprint density at radius 2 is 2.00 bits per heavy atom. The quantitative estimate of drug-likeness (QED) is 0.791. The number of aromatic nitrogens is 5. The van der Waals surface area contributed by atoms with Crippen LogP contribution in [-0.2, 0) is 12.7 Å². The summed E-state index contributed by atoms with van der Waals surface area (Å²) in [5, 5.41) is 3.72. The third-order valence-electron chi connectivity index (χ3n) is 3.42. The highest BCUT2D eigenvalue weighted by Gasteiger charge is 2.31. The second kappa shape index (κ2) is 5.62. The molecular formula is C14H12F3N5O2. The fourth-order valence-corrected chi connectivity index (χ4v) is 2.04. The second-order valence-corrected chi connectivity index (χ2v) is 5.19. The first-order chi connectivity index (χ1) is 11.2. The highest BCUT2D eigenvalue weighted by molar-refractivity contribution is 5.43. The van der Waals surface area contributed by atoms with E-state index in [1.54, 1.807) is 6.92 Å². The van der Waals surface area contributed by atoms with Gasteiger partial charge in [-0.3, -0.25) is 4.79 Å². The summed E-state index contributed by atoms with van der Waals surface area (Å²) in [6, 6.07) is 1.58. The highest BCUT2D eigenvalue weighted by Crippen LogP contribution is 2.28. The van der Waals surface area contributed by atoms with Crippen molar-refractivity contribution in [2.75, 3.05) is 0 Å². The van der Waals surface area contributed by atoms with Crippen LogP contribution in [0.25, 0.3) is 11.6 Å². The summed E-state index contributed by atoms with van der Waals surface area (Å²) in [6.07, 6.45) is -3.83. The monoisotopic (exact) mass is 339 g/mol. The van der Waals surface area contributed by atoms with Gasteiger partial charge >= 0.3 is 6.18 Å². The van der Waals surface area contributed by atoms with Crippen LogP contribution in [0.5, 0.6) is 0 Å². The molecule has 0 bridgehead atoms. The lowest BCUT2D eigenvalue weighted by molar-refractivity contribution is -0.138. The fourth-order valence-electron chi connectivity index (χ4n) is 2.04. The molecule has 126 valence electrons. The third-order valence-corrected chi connectivity index (χ3v) is 3.42. The Bertz CT molecular complexity index is 919. The minimum absolute atomic E-state index is 0.00173. The van der Waals surface area contributed by atoms with Gasteiger partial charge in [0.25, 0.3) is 5.56 Å². The number of hydrogen-bond acceptors (Lipinski definition) is 5. The van der Waals surface area contributed by atoms with Crippen LogP contribution < -0.4 is 5.56 Å². The van der Waals surface area contributed by atoms with Crippen molar-refractivity contribution in [1.82, 2.24) is 24.7 Å². The summed E-state index contributed by atoms with van der Waals surface area (Å²) in [7, 11) is 0. The van der Waals surface area contributed by atoms with Gasteiger partial charge in [-0.05, 0) is 19.9 Å². The van der Waals surface area contributed by atoms with Crippen LogP contribution in [0, 0.1) is 13.8 Å². The number of H-pyrrole nitrogens is 1. The van der Waals surface area contributed by atoms with Gasteiger partial charge in [-0.25, -0.2) is 4.98 Å². The van der Waals surface area contributed by atoms with E-state index in [9.17, 15) is 18.0 Å². The molecule has 0 radical (unpaired) electrons. The molecule has 0 spiro atoms. The number of hydrogen-bond donors (Lipinski definition) is 1. The number of aromatic amines is 1. The Morgan fingerprint density at radius 3 is 2.62 bits per heavy atom. The third kappa shape index (κ3) is 3.07. The summed E-state index contributed by atoms with van der Waals surface area (Å²) < 4.78 is 44.0. The van der Waals surface area contributed by atoms with Crippen LogP contribution >= 0.6 is 0 Å². The molecule has 7 nitrogen and oxygen atoms in total. The van der Waals surface area contributed by atoms with Gasteiger partial charge in [-0.1, -0.05) is 5.16 Å². The van der Waals surface area contributed by atoms with Gasteiger partial charge in [0.15, 0.2) is 5.82 Å². The lowest BCUT2D eigenvalue weighted by atomic mass is 10.3. The van der Waals surface area contributed by atoms with Crippen molar-refractivity contribution in [1.29, 1.82) is 0 Å². The van der Waals surface area contributed by atoms with Crippen LogP contribution in [0.3, 0.4) is 0 Å². The molecule has 10 heteroatoms. The minimum atomic E-state index is -4.54. The van der Waals surface area contributed by atoms with Crippen molar-refractivity contribution in [2.24, 2.45) is 0 Å². The van der Waals surface area contributed by atoms with Crippen molar-refractivity contribution in [2.45, 2.75) is 26.6 Å². The molecule has 0 saturated heterocycles. The molecule has 0 unspecified atom stereocenters. The van der Waals surface area contributed by atoms with Crippen LogP contribution in [0.4, 0.5) is 13.2 Å². The van der Waals surface area contributed by atoms with Crippen molar-refractivity contribution < 1.29 is 17.7 Å². The molecule has 3 aromatic heterocycles. The van der Waals surface area contributed by atoms with Crippen LogP contribution in [0.15, 0.2) is 27.6 Å². The molecule has 3 rings (SSSR count). The maximum Gasteiger partial charge on any atom is 0.417 e. The molecule has 3 aromatic rings. The molecule has 3 heterocycles. The fraction of sp³-hybridized carbons (Fsp3) is 0.286. The van der Waals surface area contributed by atoms with Gasteiger partial charge < -0.3 is 14.1 Å². The number of rotatable bonds is 3. The van der Waals surface area contributed by atoms with Gasteiger partial charge in [0.2, 0.25) is 11.7 Å². The minimum Gasteiger partial charge on any atom is -0.339 e. The molecule has 0 aromatic carbocycles. The summed E-state index contributed by atoms with van der Waals surface area (Å²) in [5.74, 6) is 0.552. The maximum absolute atomic E-state index is 12.7.